The van der Waals surface area contributed by atoms with Crippen molar-refractivity contribution in [2.24, 2.45) is 0 Å². The molecule has 0 heterocycles. The van der Waals surface area contributed by atoms with Crippen LogP contribution in [0.15, 0.2) is 0 Å². The number of hydrogen-bond acceptors (Lipinski definition) is 2. The summed E-state index contributed by atoms with van der Waals surface area (Å²) in [7, 11) is 0. The second-order valence-corrected chi connectivity index (χ2v) is 4.18. The van der Waals surface area contributed by atoms with Gasteiger partial charge in [-0.2, -0.15) is 0 Å². The lowest BCUT2D eigenvalue weighted by molar-refractivity contribution is 0.252. The first-order chi connectivity index (χ1) is 6.08. The molecule has 0 amide bonds. The molecular weight excluding hydrogens is 162 g/mol. The molecule has 0 aliphatic rings. The second kappa shape index (κ2) is 6.39. The van der Waals surface area contributed by atoms with E-state index in [1.165, 1.54) is 0 Å². The van der Waals surface area contributed by atoms with Gasteiger partial charge in [0.15, 0.2) is 0 Å². The lowest BCUT2D eigenvalue weighted by atomic mass is 9.94. The van der Waals surface area contributed by atoms with Crippen molar-refractivity contribution in [2.45, 2.75) is 65.0 Å². The van der Waals surface area contributed by atoms with Gasteiger partial charge in [-0.3, -0.25) is 0 Å². The lowest BCUT2D eigenvalue weighted by Gasteiger charge is -2.32. The lowest BCUT2D eigenvalue weighted by Crippen LogP contribution is -2.46. The molecular formula is C11H25NO. The molecule has 0 saturated heterocycles. The fourth-order valence-corrected chi connectivity index (χ4v) is 1.52. The molecule has 2 nitrogen and oxygen atoms in total. The predicted octanol–water partition coefficient (Wildman–Crippen LogP) is 2.32. The van der Waals surface area contributed by atoms with E-state index in [2.05, 4.69) is 33.0 Å². The molecule has 2 N–H and O–H groups in total. The van der Waals surface area contributed by atoms with Crippen LogP contribution >= 0.6 is 0 Å². The minimum absolute atomic E-state index is 0.273. The van der Waals surface area contributed by atoms with Crippen molar-refractivity contribution in [3.8, 4) is 0 Å². The van der Waals surface area contributed by atoms with Gasteiger partial charge in [-0.15, -0.1) is 0 Å². The topological polar surface area (TPSA) is 32.3 Å². The maximum Gasteiger partial charge on any atom is 0.0431 e. The SMILES string of the molecule is CCC(C)(CC)NC(C)CCCO. The Morgan fingerprint density at radius 1 is 1.31 bits per heavy atom. The van der Waals surface area contributed by atoms with E-state index in [9.17, 15) is 0 Å². The van der Waals surface area contributed by atoms with Crippen molar-refractivity contribution in [1.29, 1.82) is 0 Å². The molecule has 0 fully saturated rings. The molecule has 0 aromatic carbocycles. The molecule has 0 bridgehead atoms. The third-order valence-corrected chi connectivity index (χ3v) is 2.95. The fraction of sp³-hybridized carbons (Fsp3) is 1.00. The Balaban J connectivity index is 3.79. The van der Waals surface area contributed by atoms with Crippen molar-refractivity contribution >= 4 is 0 Å². The largest absolute Gasteiger partial charge is 0.396 e. The zero-order valence-electron chi connectivity index (χ0n) is 9.56. The summed E-state index contributed by atoms with van der Waals surface area (Å²) in [6, 6.07) is 0.511. The van der Waals surface area contributed by atoms with Crippen LogP contribution in [0.3, 0.4) is 0 Å². The molecule has 80 valence electrons. The average Bonchev–Trinajstić information content (AvgIpc) is 2.14. The minimum Gasteiger partial charge on any atom is -0.396 e. The van der Waals surface area contributed by atoms with Gasteiger partial charge in [0.05, 0.1) is 0 Å². The smallest absolute Gasteiger partial charge is 0.0431 e. The third-order valence-electron chi connectivity index (χ3n) is 2.95. The number of hydrogen-bond donors (Lipinski definition) is 2. The first-order valence-electron chi connectivity index (χ1n) is 5.46. The van der Waals surface area contributed by atoms with Crippen molar-refractivity contribution in [3.63, 3.8) is 0 Å². The van der Waals surface area contributed by atoms with E-state index in [1.807, 2.05) is 0 Å². The van der Waals surface area contributed by atoms with Crippen molar-refractivity contribution < 1.29 is 5.11 Å². The van der Waals surface area contributed by atoms with E-state index >= 15 is 0 Å². The Morgan fingerprint density at radius 3 is 2.23 bits per heavy atom. The van der Waals surface area contributed by atoms with E-state index in [1.54, 1.807) is 0 Å². The highest BCUT2D eigenvalue weighted by atomic mass is 16.2. The third kappa shape index (κ3) is 5.27. The van der Waals surface area contributed by atoms with Crippen LogP contribution in [0.5, 0.6) is 0 Å². The fourth-order valence-electron chi connectivity index (χ4n) is 1.52. The summed E-state index contributed by atoms with van der Waals surface area (Å²) < 4.78 is 0. The highest BCUT2D eigenvalue weighted by molar-refractivity contribution is 4.82. The Hall–Kier alpha value is -0.0800. The van der Waals surface area contributed by atoms with Gasteiger partial charge < -0.3 is 10.4 Å². The summed E-state index contributed by atoms with van der Waals surface area (Å²) in [5, 5.41) is 12.3. The minimum atomic E-state index is 0.273. The summed E-state index contributed by atoms with van der Waals surface area (Å²) in [4.78, 5) is 0. The molecule has 0 rings (SSSR count). The second-order valence-electron chi connectivity index (χ2n) is 4.18. The monoisotopic (exact) mass is 187 g/mol. The van der Waals surface area contributed by atoms with E-state index in [0.717, 1.165) is 25.7 Å². The van der Waals surface area contributed by atoms with Gasteiger partial charge in [-0.1, -0.05) is 13.8 Å². The Kier molecular flexibility index (Phi) is 6.35. The van der Waals surface area contributed by atoms with Crippen LogP contribution in [-0.2, 0) is 0 Å². The zero-order valence-corrected chi connectivity index (χ0v) is 9.56. The van der Waals surface area contributed by atoms with Crippen LogP contribution in [0, 0.1) is 0 Å². The molecule has 13 heavy (non-hydrogen) atoms. The normalized spacial score (nSPS) is 14.5. The summed E-state index contributed by atoms with van der Waals surface area (Å²) >= 11 is 0. The quantitative estimate of drug-likeness (QED) is 0.641. The van der Waals surface area contributed by atoms with Crippen LogP contribution < -0.4 is 5.32 Å². The maximum atomic E-state index is 8.70. The van der Waals surface area contributed by atoms with Crippen LogP contribution in [-0.4, -0.2) is 23.3 Å². The van der Waals surface area contributed by atoms with Gasteiger partial charge in [-0.25, -0.2) is 0 Å². The van der Waals surface area contributed by atoms with E-state index in [0.29, 0.717) is 12.6 Å². The van der Waals surface area contributed by atoms with E-state index < -0.39 is 0 Å². The van der Waals surface area contributed by atoms with Gasteiger partial charge in [0.1, 0.15) is 0 Å². The van der Waals surface area contributed by atoms with Crippen molar-refractivity contribution in [3.05, 3.63) is 0 Å². The maximum absolute atomic E-state index is 8.70. The number of rotatable bonds is 7. The number of nitrogens with one attached hydrogen (secondary N) is 1. The molecule has 0 spiro atoms. The molecule has 0 radical (unpaired) electrons. The standard InChI is InChI=1S/C11H25NO/c1-5-11(4,6-2)12-10(3)8-7-9-13/h10,12-13H,5-9H2,1-4H3. The average molecular weight is 187 g/mol. The summed E-state index contributed by atoms with van der Waals surface area (Å²) in [6.45, 7) is 9.20. The van der Waals surface area contributed by atoms with Crippen LogP contribution in [0.4, 0.5) is 0 Å². The van der Waals surface area contributed by atoms with Gasteiger partial charge in [-0.05, 0) is 39.5 Å². The molecule has 0 aromatic rings. The molecule has 2 heteroatoms. The molecule has 0 aliphatic carbocycles. The molecule has 1 unspecified atom stereocenters. The van der Waals surface area contributed by atoms with Crippen LogP contribution in [0.2, 0.25) is 0 Å². The molecule has 1 atom stereocenters. The molecule has 0 aliphatic heterocycles. The number of aliphatic hydroxyl groups excluding tert-OH is 1. The van der Waals surface area contributed by atoms with E-state index in [4.69, 9.17) is 5.11 Å². The Morgan fingerprint density at radius 2 is 1.85 bits per heavy atom. The highest BCUT2D eigenvalue weighted by Gasteiger charge is 2.20. The Bertz CT molecular complexity index is 121. The highest BCUT2D eigenvalue weighted by Crippen LogP contribution is 2.15. The van der Waals surface area contributed by atoms with Crippen molar-refractivity contribution in [1.82, 2.24) is 5.32 Å². The van der Waals surface area contributed by atoms with Gasteiger partial charge in [0, 0.05) is 18.2 Å². The van der Waals surface area contributed by atoms with E-state index in [-0.39, 0.29) is 5.54 Å². The first kappa shape index (κ1) is 12.9. The van der Waals surface area contributed by atoms with Gasteiger partial charge in [0.2, 0.25) is 0 Å². The van der Waals surface area contributed by atoms with Gasteiger partial charge in [0.25, 0.3) is 0 Å². The molecule has 0 saturated carbocycles. The summed E-state index contributed by atoms with van der Waals surface area (Å²) in [5.41, 5.74) is 0.273. The summed E-state index contributed by atoms with van der Waals surface area (Å²) in [5.74, 6) is 0. The van der Waals surface area contributed by atoms with Crippen LogP contribution in [0.25, 0.3) is 0 Å². The van der Waals surface area contributed by atoms with Crippen LogP contribution in [0.1, 0.15) is 53.4 Å². The zero-order chi connectivity index (χ0) is 10.3. The number of aliphatic hydroxyl groups is 1. The summed E-state index contributed by atoms with van der Waals surface area (Å²) in [6.07, 6.45) is 4.28. The first-order valence-corrected chi connectivity index (χ1v) is 5.46. The van der Waals surface area contributed by atoms with Gasteiger partial charge >= 0.3 is 0 Å². The Labute approximate surface area is 82.7 Å². The predicted molar refractivity (Wildman–Crippen MR) is 57.9 cm³/mol. The molecule has 0 aromatic heterocycles. The van der Waals surface area contributed by atoms with Crippen molar-refractivity contribution in [2.75, 3.05) is 6.61 Å².